The Morgan fingerprint density at radius 3 is 2.50 bits per heavy atom. The van der Waals surface area contributed by atoms with Gasteiger partial charge in [-0.1, -0.05) is 13.8 Å². The number of ether oxygens (including phenoxy) is 4. The molecule has 2 rings (SSSR count). The van der Waals surface area contributed by atoms with Crippen molar-refractivity contribution in [2.24, 2.45) is 22.6 Å². The minimum Gasteiger partial charge on any atom is -0.467 e. The van der Waals surface area contributed by atoms with Crippen LogP contribution in [0.2, 0.25) is 0 Å². The fraction of sp³-hybridized carbons (Fsp3) is 0.900. The lowest BCUT2D eigenvalue weighted by molar-refractivity contribution is -0.273. The molecule has 16 nitrogen and oxygen atoms in total. The van der Waals surface area contributed by atoms with E-state index in [1.807, 2.05) is 20.2 Å². The minimum atomic E-state index is -1.44. The van der Waals surface area contributed by atoms with Crippen molar-refractivity contribution in [3.05, 3.63) is 11.8 Å². The fourth-order valence-electron chi connectivity index (χ4n) is 5.81. The van der Waals surface area contributed by atoms with Gasteiger partial charge in [0, 0.05) is 25.2 Å². The SMILES string of the molecule is CN[C@@H](C)[C@@H](O)[C@H](OCCO)O[C@@H]1[C@@H](O)[C@H](O[C@H]2OC(CN)=CC[C@H]2NCC(C)(C)CN(C)C)[C@@H](N)C[C@H]1NC(=O)[C@@H](O)CCN. The molecule has 270 valence electrons. The number of nitrogens with one attached hydrogen (secondary N) is 3. The molecule has 1 heterocycles. The van der Waals surface area contributed by atoms with Crippen LogP contribution in [0.4, 0.5) is 0 Å². The highest BCUT2D eigenvalue weighted by atomic mass is 16.7. The molecule has 0 saturated heterocycles. The van der Waals surface area contributed by atoms with Gasteiger partial charge in [-0.15, -0.1) is 0 Å². The van der Waals surface area contributed by atoms with Crippen molar-refractivity contribution in [1.29, 1.82) is 0 Å². The number of carbonyl (C=O) groups is 1. The summed E-state index contributed by atoms with van der Waals surface area (Å²) in [5, 5.41) is 51.6. The highest BCUT2D eigenvalue weighted by molar-refractivity contribution is 5.80. The summed E-state index contributed by atoms with van der Waals surface area (Å²) in [4.78, 5) is 15.0. The van der Waals surface area contributed by atoms with Gasteiger partial charge in [0.15, 0.2) is 6.29 Å². The summed E-state index contributed by atoms with van der Waals surface area (Å²) in [7, 11) is 5.69. The number of rotatable bonds is 20. The van der Waals surface area contributed by atoms with Crippen LogP contribution in [0.5, 0.6) is 0 Å². The molecule has 13 N–H and O–H groups in total. The predicted molar refractivity (Wildman–Crippen MR) is 172 cm³/mol. The molecule has 2 aliphatic rings. The second-order valence-corrected chi connectivity index (χ2v) is 13.3. The molecule has 1 aliphatic carbocycles. The molecule has 16 heteroatoms. The molecule has 0 spiro atoms. The van der Waals surface area contributed by atoms with Gasteiger partial charge in [-0.2, -0.15) is 0 Å². The molecule has 0 aromatic heterocycles. The van der Waals surface area contributed by atoms with Gasteiger partial charge in [-0.3, -0.25) is 4.79 Å². The largest absolute Gasteiger partial charge is 0.467 e. The van der Waals surface area contributed by atoms with E-state index in [1.54, 1.807) is 14.0 Å². The maximum atomic E-state index is 12.8. The highest BCUT2D eigenvalue weighted by Crippen LogP contribution is 2.30. The van der Waals surface area contributed by atoms with Gasteiger partial charge >= 0.3 is 0 Å². The third-order valence-electron chi connectivity index (χ3n) is 8.27. The van der Waals surface area contributed by atoms with E-state index < -0.39 is 67.1 Å². The van der Waals surface area contributed by atoms with Crippen LogP contribution in [-0.2, 0) is 23.7 Å². The molecule has 0 unspecified atom stereocenters. The molecule has 11 atom stereocenters. The van der Waals surface area contributed by atoms with Gasteiger partial charge in [0.2, 0.25) is 12.2 Å². The van der Waals surface area contributed by atoms with Crippen LogP contribution in [0, 0.1) is 5.41 Å². The lowest BCUT2D eigenvalue weighted by atomic mass is 9.83. The van der Waals surface area contributed by atoms with E-state index in [4.69, 9.17) is 36.1 Å². The predicted octanol–water partition coefficient (Wildman–Crippen LogP) is -3.52. The number of amides is 1. The van der Waals surface area contributed by atoms with Crippen LogP contribution in [0.1, 0.15) is 40.0 Å². The van der Waals surface area contributed by atoms with Crippen molar-refractivity contribution in [3.8, 4) is 0 Å². The number of aliphatic hydroxyl groups excluding tert-OH is 4. The summed E-state index contributed by atoms with van der Waals surface area (Å²) in [5.41, 5.74) is 17.9. The zero-order chi connectivity index (χ0) is 34.6. The first-order chi connectivity index (χ1) is 21.7. The molecular formula is C30H61N7O9. The van der Waals surface area contributed by atoms with Crippen molar-refractivity contribution >= 4 is 5.91 Å². The zero-order valence-corrected chi connectivity index (χ0v) is 28.3. The van der Waals surface area contributed by atoms with Crippen molar-refractivity contribution in [1.82, 2.24) is 20.9 Å². The number of carbonyl (C=O) groups excluding carboxylic acids is 1. The Bertz CT molecular complexity index is 931. The summed E-state index contributed by atoms with van der Waals surface area (Å²) < 4.78 is 24.4. The molecular weight excluding hydrogens is 602 g/mol. The molecule has 46 heavy (non-hydrogen) atoms. The average Bonchev–Trinajstić information content (AvgIpc) is 3.00. The van der Waals surface area contributed by atoms with Crippen LogP contribution in [0.15, 0.2) is 11.8 Å². The monoisotopic (exact) mass is 663 g/mol. The van der Waals surface area contributed by atoms with Gasteiger partial charge in [-0.25, -0.2) is 0 Å². The van der Waals surface area contributed by atoms with Crippen molar-refractivity contribution in [3.63, 3.8) is 0 Å². The topological polar surface area (TPSA) is 252 Å². The third-order valence-corrected chi connectivity index (χ3v) is 8.27. The van der Waals surface area contributed by atoms with E-state index in [0.717, 1.165) is 6.54 Å². The van der Waals surface area contributed by atoms with E-state index in [-0.39, 0.29) is 50.6 Å². The van der Waals surface area contributed by atoms with Crippen LogP contribution in [-0.4, -0.2) is 159 Å². The lowest BCUT2D eigenvalue weighted by Crippen LogP contribution is -2.67. The van der Waals surface area contributed by atoms with Gasteiger partial charge in [0.1, 0.15) is 36.3 Å². The summed E-state index contributed by atoms with van der Waals surface area (Å²) in [6.45, 7) is 7.26. The van der Waals surface area contributed by atoms with Crippen LogP contribution < -0.4 is 33.2 Å². The molecule has 0 aromatic carbocycles. The Balaban J connectivity index is 2.37. The number of nitrogens with two attached hydrogens (primary N) is 3. The molecule has 1 saturated carbocycles. The molecule has 1 amide bonds. The summed E-state index contributed by atoms with van der Waals surface area (Å²) >= 11 is 0. The zero-order valence-electron chi connectivity index (χ0n) is 28.3. The quantitative estimate of drug-likeness (QED) is 0.0567. The number of hydrogen-bond donors (Lipinski definition) is 10. The third kappa shape index (κ3) is 12.2. The fourth-order valence-corrected chi connectivity index (χ4v) is 5.81. The Hall–Kier alpha value is -1.51. The minimum absolute atomic E-state index is 0.0286. The molecule has 0 bridgehead atoms. The Labute approximate surface area is 273 Å². The van der Waals surface area contributed by atoms with E-state index >= 15 is 0 Å². The van der Waals surface area contributed by atoms with Gasteiger partial charge < -0.3 is 77.4 Å². The molecule has 1 fully saturated rings. The summed E-state index contributed by atoms with van der Waals surface area (Å²) in [6.07, 6.45) is -5.89. The van der Waals surface area contributed by atoms with Crippen LogP contribution in [0.25, 0.3) is 0 Å². The lowest BCUT2D eigenvalue weighted by Gasteiger charge is -2.47. The highest BCUT2D eigenvalue weighted by Gasteiger charge is 2.49. The molecule has 1 aliphatic heterocycles. The van der Waals surface area contributed by atoms with Crippen LogP contribution in [0.3, 0.4) is 0 Å². The van der Waals surface area contributed by atoms with Crippen molar-refractivity contribution in [2.75, 3.05) is 60.5 Å². The van der Waals surface area contributed by atoms with E-state index in [2.05, 4.69) is 34.7 Å². The van der Waals surface area contributed by atoms with Gasteiger partial charge in [0.25, 0.3) is 0 Å². The standard InChI is InChI=1S/C30H61N7O9/c1-17(34-4)23(40)29(43-12-11-38)46-26-21(36-27(42)22(39)9-10-31)13-19(33)25(24(26)41)45-28-20(8-7-18(14-32)44-28)35-15-30(2,3)16-37(5)6/h7,17,19-26,28-29,34-35,38-41H,8-16,31-33H2,1-6H3,(H,36,42)/t17-,19-,20+,21+,22-,23+,24-,25+,26-,28+,29+/m0/s1. The van der Waals surface area contributed by atoms with Gasteiger partial charge in [0.05, 0.1) is 31.8 Å². The van der Waals surface area contributed by atoms with Gasteiger partial charge in [-0.05, 0) is 65.4 Å². The smallest absolute Gasteiger partial charge is 0.249 e. The maximum Gasteiger partial charge on any atom is 0.249 e. The maximum absolute atomic E-state index is 12.8. The Morgan fingerprint density at radius 1 is 1.22 bits per heavy atom. The first-order valence-electron chi connectivity index (χ1n) is 16.1. The first kappa shape index (κ1) is 40.7. The number of aliphatic hydroxyl groups is 4. The van der Waals surface area contributed by atoms with Crippen molar-refractivity contribution < 1.29 is 44.2 Å². The van der Waals surface area contributed by atoms with E-state index in [9.17, 15) is 25.2 Å². The number of hydrogen-bond acceptors (Lipinski definition) is 15. The van der Waals surface area contributed by atoms with Crippen molar-refractivity contribution in [2.45, 2.75) is 107 Å². The molecule has 0 aromatic rings. The normalized spacial score (nSPS) is 29.9. The van der Waals surface area contributed by atoms with E-state index in [0.29, 0.717) is 18.7 Å². The first-order valence-corrected chi connectivity index (χ1v) is 16.1. The molecule has 0 radical (unpaired) electrons. The Morgan fingerprint density at radius 2 is 1.91 bits per heavy atom. The second-order valence-electron chi connectivity index (χ2n) is 13.3. The number of nitrogens with zero attached hydrogens (tertiary/aromatic N) is 1. The van der Waals surface area contributed by atoms with Crippen LogP contribution >= 0.6 is 0 Å². The summed E-state index contributed by atoms with van der Waals surface area (Å²) in [5.74, 6) is -0.166. The number of likely N-dealkylation sites (N-methyl/N-ethyl adjacent to an activating group) is 1. The average molecular weight is 664 g/mol. The van der Waals surface area contributed by atoms with E-state index in [1.165, 1.54) is 0 Å². The Kier molecular flexibility index (Phi) is 17.2. The summed E-state index contributed by atoms with van der Waals surface area (Å²) in [6, 6.07) is -2.50. The second kappa shape index (κ2) is 19.5.